The molecule has 0 saturated carbocycles. The third-order valence-electron chi connectivity index (χ3n) is 2.09. The number of carbonyl (C=O) groups is 1. The minimum atomic E-state index is -0.316. The van der Waals surface area contributed by atoms with Gasteiger partial charge in [-0.3, -0.25) is 0 Å². The average molecular weight is 233 g/mol. The maximum atomic E-state index is 11.7. The summed E-state index contributed by atoms with van der Waals surface area (Å²) in [7, 11) is 0. The van der Waals surface area contributed by atoms with E-state index in [0.29, 0.717) is 5.56 Å². The first kappa shape index (κ1) is 10.8. The van der Waals surface area contributed by atoms with Crippen molar-refractivity contribution in [2.24, 2.45) is 0 Å². The van der Waals surface area contributed by atoms with Crippen LogP contribution in [0.15, 0.2) is 41.9 Å². The molecule has 0 aliphatic rings. The highest BCUT2D eigenvalue weighted by Gasteiger charge is 2.14. The van der Waals surface area contributed by atoms with Gasteiger partial charge in [-0.05, 0) is 19.1 Å². The lowest BCUT2D eigenvalue weighted by Crippen LogP contribution is -2.08. The highest BCUT2D eigenvalue weighted by molar-refractivity contribution is 7.09. The summed E-state index contributed by atoms with van der Waals surface area (Å²) in [4.78, 5) is 15.8. The van der Waals surface area contributed by atoms with E-state index in [4.69, 9.17) is 4.74 Å². The molecule has 0 aliphatic carbocycles. The zero-order valence-corrected chi connectivity index (χ0v) is 9.61. The Morgan fingerprint density at radius 1 is 1.38 bits per heavy atom. The van der Waals surface area contributed by atoms with Crippen LogP contribution in [0, 0.1) is 0 Å². The summed E-state index contributed by atoms with van der Waals surface area (Å²) in [5.74, 6) is -0.316. The number of carbonyl (C=O) groups excluding carboxylic acids is 1. The summed E-state index contributed by atoms with van der Waals surface area (Å²) in [5.41, 5.74) is 0.561. The fourth-order valence-corrected chi connectivity index (χ4v) is 1.91. The number of thiazole rings is 1. The van der Waals surface area contributed by atoms with Crippen molar-refractivity contribution < 1.29 is 9.53 Å². The number of esters is 1. The number of hydrogen-bond acceptors (Lipinski definition) is 4. The van der Waals surface area contributed by atoms with Gasteiger partial charge in [0.05, 0.1) is 5.56 Å². The van der Waals surface area contributed by atoms with Gasteiger partial charge < -0.3 is 4.74 Å². The van der Waals surface area contributed by atoms with Crippen molar-refractivity contribution in [3.8, 4) is 0 Å². The van der Waals surface area contributed by atoms with Crippen molar-refractivity contribution in [2.75, 3.05) is 0 Å². The van der Waals surface area contributed by atoms with E-state index in [2.05, 4.69) is 4.98 Å². The molecule has 0 radical (unpaired) electrons. The Kier molecular flexibility index (Phi) is 3.31. The van der Waals surface area contributed by atoms with Crippen LogP contribution in [-0.4, -0.2) is 11.0 Å². The SMILES string of the molecule is CC(OC(=O)c1ccccc1)c1nccs1. The van der Waals surface area contributed by atoms with Gasteiger partial charge in [0, 0.05) is 11.6 Å². The quantitative estimate of drug-likeness (QED) is 0.765. The zero-order valence-electron chi connectivity index (χ0n) is 8.79. The maximum Gasteiger partial charge on any atom is 0.338 e. The van der Waals surface area contributed by atoms with Gasteiger partial charge in [-0.25, -0.2) is 9.78 Å². The minimum absolute atomic E-state index is 0.298. The normalized spacial score (nSPS) is 12.1. The van der Waals surface area contributed by atoms with Gasteiger partial charge in [0.2, 0.25) is 0 Å². The second-order valence-corrected chi connectivity index (χ2v) is 4.21. The van der Waals surface area contributed by atoms with Crippen LogP contribution in [0.1, 0.15) is 28.4 Å². The van der Waals surface area contributed by atoms with E-state index in [9.17, 15) is 4.79 Å². The molecular formula is C12H11NO2S. The predicted octanol–water partition coefficient (Wildman–Crippen LogP) is 3.06. The Balaban J connectivity index is 2.03. The lowest BCUT2D eigenvalue weighted by molar-refractivity contribution is 0.0337. The largest absolute Gasteiger partial charge is 0.452 e. The second kappa shape index (κ2) is 4.90. The van der Waals surface area contributed by atoms with Crippen LogP contribution in [-0.2, 0) is 4.74 Å². The topological polar surface area (TPSA) is 39.2 Å². The van der Waals surface area contributed by atoms with Crippen molar-refractivity contribution in [2.45, 2.75) is 13.0 Å². The molecule has 16 heavy (non-hydrogen) atoms. The predicted molar refractivity (Wildman–Crippen MR) is 62.4 cm³/mol. The molecule has 1 aromatic carbocycles. The summed E-state index contributed by atoms with van der Waals surface area (Å²) in [6, 6.07) is 8.95. The summed E-state index contributed by atoms with van der Waals surface area (Å²) in [6.45, 7) is 1.82. The second-order valence-electron chi connectivity index (χ2n) is 3.28. The summed E-state index contributed by atoms with van der Waals surface area (Å²) < 4.78 is 5.29. The van der Waals surface area contributed by atoms with Crippen molar-refractivity contribution in [1.29, 1.82) is 0 Å². The Morgan fingerprint density at radius 3 is 2.75 bits per heavy atom. The van der Waals surface area contributed by atoms with Crippen molar-refractivity contribution in [3.05, 3.63) is 52.5 Å². The van der Waals surface area contributed by atoms with Crippen LogP contribution in [0.5, 0.6) is 0 Å². The zero-order chi connectivity index (χ0) is 11.4. The van der Waals surface area contributed by atoms with Crippen molar-refractivity contribution >= 4 is 17.3 Å². The van der Waals surface area contributed by atoms with Gasteiger partial charge in [0.1, 0.15) is 5.01 Å². The van der Waals surface area contributed by atoms with E-state index in [-0.39, 0.29) is 12.1 Å². The lowest BCUT2D eigenvalue weighted by atomic mass is 10.2. The first-order valence-corrected chi connectivity index (χ1v) is 5.81. The van der Waals surface area contributed by atoms with Gasteiger partial charge in [0.25, 0.3) is 0 Å². The van der Waals surface area contributed by atoms with Gasteiger partial charge in [-0.2, -0.15) is 0 Å². The molecule has 82 valence electrons. The Hall–Kier alpha value is -1.68. The molecule has 0 fully saturated rings. The van der Waals surface area contributed by atoms with Gasteiger partial charge in [-0.15, -0.1) is 11.3 Å². The molecular weight excluding hydrogens is 222 g/mol. The van der Waals surface area contributed by atoms with Crippen LogP contribution in [0.3, 0.4) is 0 Å². The summed E-state index contributed by atoms with van der Waals surface area (Å²) >= 11 is 1.48. The number of ether oxygens (including phenoxy) is 1. The minimum Gasteiger partial charge on any atom is -0.452 e. The summed E-state index contributed by atoms with van der Waals surface area (Å²) in [6.07, 6.45) is 1.40. The maximum absolute atomic E-state index is 11.7. The molecule has 1 heterocycles. The molecule has 3 nitrogen and oxygen atoms in total. The third-order valence-corrected chi connectivity index (χ3v) is 3.03. The van der Waals surface area contributed by atoms with Gasteiger partial charge in [-0.1, -0.05) is 18.2 Å². The highest BCUT2D eigenvalue weighted by Crippen LogP contribution is 2.20. The smallest absolute Gasteiger partial charge is 0.338 e. The van der Waals surface area contributed by atoms with Crippen LogP contribution < -0.4 is 0 Å². The summed E-state index contributed by atoms with van der Waals surface area (Å²) in [5, 5.41) is 2.67. The molecule has 1 atom stereocenters. The van der Waals surface area contributed by atoms with E-state index in [1.807, 2.05) is 30.5 Å². The Morgan fingerprint density at radius 2 is 2.12 bits per heavy atom. The number of benzene rings is 1. The Labute approximate surface area is 97.7 Å². The first-order chi connectivity index (χ1) is 7.77. The van der Waals surface area contributed by atoms with E-state index in [1.54, 1.807) is 18.3 Å². The highest BCUT2D eigenvalue weighted by atomic mass is 32.1. The Bertz CT molecular complexity index is 453. The average Bonchev–Trinajstić information content (AvgIpc) is 2.83. The van der Waals surface area contributed by atoms with E-state index in [0.717, 1.165) is 5.01 Å². The first-order valence-electron chi connectivity index (χ1n) is 4.93. The molecule has 0 aliphatic heterocycles. The molecule has 0 saturated heterocycles. The molecule has 2 rings (SSSR count). The van der Waals surface area contributed by atoms with Gasteiger partial charge >= 0.3 is 5.97 Å². The standard InChI is InChI=1S/C12H11NO2S/c1-9(11-13-7-8-16-11)15-12(14)10-5-3-2-4-6-10/h2-9H,1H3. The van der Waals surface area contributed by atoms with E-state index in [1.165, 1.54) is 11.3 Å². The van der Waals surface area contributed by atoms with E-state index < -0.39 is 0 Å². The number of hydrogen-bond donors (Lipinski definition) is 0. The molecule has 4 heteroatoms. The number of aromatic nitrogens is 1. The fourth-order valence-electron chi connectivity index (χ4n) is 1.29. The molecule has 1 aromatic heterocycles. The molecule has 0 bridgehead atoms. The van der Waals surface area contributed by atoms with E-state index >= 15 is 0 Å². The molecule has 0 spiro atoms. The number of nitrogens with zero attached hydrogens (tertiary/aromatic N) is 1. The molecule has 1 unspecified atom stereocenters. The monoisotopic (exact) mass is 233 g/mol. The van der Waals surface area contributed by atoms with Crippen molar-refractivity contribution in [3.63, 3.8) is 0 Å². The molecule has 0 N–H and O–H groups in total. The third kappa shape index (κ3) is 2.46. The fraction of sp³-hybridized carbons (Fsp3) is 0.167. The van der Waals surface area contributed by atoms with Crippen LogP contribution in [0.2, 0.25) is 0 Å². The lowest BCUT2D eigenvalue weighted by Gasteiger charge is -2.10. The molecule has 0 amide bonds. The van der Waals surface area contributed by atoms with Crippen LogP contribution in [0.4, 0.5) is 0 Å². The van der Waals surface area contributed by atoms with Crippen LogP contribution in [0.25, 0.3) is 0 Å². The van der Waals surface area contributed by atoms with Crippen LogP contribution >= 0.6 is 11.3 Å². The molecule has 2 aromatic rings. The number of rotatable bonds is 3. The van der Waals surface area contributed by atoms with Crippen molar-refractivity contribution in [1.82, 2.24) is 4.98 Å². The van der Waals surface area contributed by atoms with Gasteiger partial charge in [0.15, 0.2) is 6.10 Å².